The van der Waals surface area contributed by atoms with Crippen LogP contribution in [0.4, 0.5) is 0 Å². The number of hydrogen-bond acceptors (Lipinski definition) is 3. The van der Waals surface area contributed by atoms with Gasteiger partial charge in [0.05, 0.1) is 10.0 Å². The molecule has 2 rings (SSSR count). The van der Waals surface area contributed by atoms with Crippen LogP contribution in [0.15, 0.2) is 42.5 Å². The van der Waals surface area contributed by atoms with Crippen molar-refractivity contribution < 1.29 is 14.3 Å². The van der Waals surface area contributed by atoms with Crippen LogP contribution in [0, 0.1) is 6.92 Å². The molecule has 0 aromatic heterocycles. The minimum atomic E-state index is -0.614. The fourth-order valence-corrected chi connectivity index (χ4v) is 3.31. The van der Waals surface area contributed by atoms with Crippen LogP contribution < -0.4 is 10.1 Å². The minimum Gasteiger partial charge on any atom is -0.484 e. The van der Waals surface area contributed by atoms with Crippen LogP contribution in [-0.2, 0) is 16.1 Å². The topological polar surface area (TPSA) is 58.6 Å². The van der Waals surface area contributed by atoms with Gasteiger partial charge in [-0.3, -0.25) is 9.59 Å². The van der Waals surface area contributed by atoms with Gasteiger partial charge in [0.2, 0.25) is 5.91 Å². The van der Waals surface area contributed by atoms with E-state index in [4.69, 9.17) is 27.9 Å². The van der Waals surface area contributed by atoms with E-state index >= 15 is 0 Å². The molecule has 2 amide bonds. The molecule has 0 bridgehead atoms. The van der Waals surface area contributed by atoms with Crippen molar-refractivity contribution in [3.63, 3.8) is 0 Å². The van der Waals surface area contributed by atoms with Crippen LogP contribution in [0.1, 0.15) is 31.4 Å². The van der Waals surface area contributed by atoms with Gasteiger partial charge in [-0.2, -0.15) is 0 Å². The van der Waals surface area contributed by atoms with Gasteiger partial charge in [0.15, 0.2) is 6.61 Å². The maximum atomic E-state index is 13.1. The summed E-state index contributed by atoms with van der Waals surface area (Å²) >= 11 is 12.1. The molecular weight excluding hydrogens is 411 g/mol. The van der Waals surface area contributed by atoms with Gasteiger partial charge in [-0.15, -0.1) is 0 Å². The van der Waals surface area contributed by atoms with Gasteiger partial charge in [-0.05, 0) is 49.6 Å². The number of benzene rings is 2. The predicted octanol–water partition coefficient (Wildman–Crippen LogP) is 4.62. The lowest BCUT2D eigenvalue weighted by molar-refractivity contribution is -0.142. The number of rotatable bonds is 9. The third kappa shape index (κ3) is 6.38. The number of carbonyl (C=O) groups is 2. The van der Waals surface area contributed by atoms with Crippen LogP contribution >= 0.6 is 23.2 Å². The summed E-state index contributed by atoms with van der Waals surface area (Å²) in [5.41, 5.74) is 1.72. The number of likely N-dealkylation sites (N-methyl/N-ethyl adjacent to an activating group) is 1. The molecule has 2 aromatic rings. The normalized spacial score (nSPS) is 11.6. The Balaban J connectivity index is 2.24. The summed E-state index contributed by atoms with van der Waals surface area (Å²) in [7, 11) is 0. The lowest BCUT2D eigenvalue weighted by Gasteiger charge is -2.30. The molecule has 1 N–H and O–H groups in total. The van der Waals surface area contributed by atoms with E-state index < -0.39 is 6.04 Å². The third-order valence-electron chi connectivity index (χ3n) is 4.52. The van der Waals surface area contributed by atoms with Crippen molar-refractivity contribution in [2.24, 2.45) is 0 Å². The molecule has 0 radical (unpaired) electrons. The summed E-state index contributed by atoms with van der Waals surface area (Å²) in [4.78, 5) is 27.2. The van der Waals surface area contributed by atoms with Crippen molar-refractivity contribution >= 4 is 35.0 Å². The van der Waals surface area contributed by atoms with E-state index in [9.17, 15) is 9.59 Å². The van der Waals surface area contributed by atoms with Gasteiger partial charge in [0, 0.05) is 13.1 Å². The molecule has 0 spiro atoms. The van der Waals surface area contributed by atoms with E-state index in [1.165, 1.54) is 4.90 Å². The van der Waals surface area contributed by atoms with E-state index in [-0.39, 0.29) is 25.0 Å². The molecule has 0 aliphatic heterocycles. The number of ether oxygens (including phenoxy) is 1. The highest BCUT2D eigenvalue weighted by Gasteiger charge is 2.28. The second-order valence-electron chi connectivity index (χ2n) is 6.64. The third-order valence-corrected chi connectivity index (χ3v) is 5.26. The monoisotopic (exact) mass is 436 g/mol. The Hall–Kier alpha value is -2.24. The van der Waals surface area contributed by atoms with Gasteiger partial charge in [-0.25, -0.2) is 0 Å². The van der Waals surface area contributed by atoms with Crippen molar-refractivity contribution in [2.45, 2.75) is 39.8 Å². The summed E-state index contributed by atoms with van der Waals surface area (Å²) in [6.45, 7) is 6.18. The fourth-order valence-electron chi connectivity index (χ4n) is 2.99. The summed E-state index contributed by atoms with van der Waals surface area (Å²) in [5.74, 6) is 0.165. The highest BCUT2D eigenvalue weighted by molar-refractivity contribution is 6.42. The lowest BCUT2D eigenvalue weighted by atomic mass is 10.1. The quantitative estimate of drug-likeness (QED) is 0.623. The molecule has 1 atom stereocenters. The highest BCUT2D eigenvalue weighted by atomic mass is 35.5. The van der Waals surface area contributed by atoms with E-state index in [0.29, 0.717) is 28.8 Å². The Kier molecular flexibility index (Phi) is 8.80. The first-order chi connectivity index (χ1) is 13.9. The second kappa shape index (κ2) is 11.1. The maximum absolute atomic E-state index is 13.1. The molecule has 2 aromatic carbocycles. The summed E-state index contributed by atoms with van der Waals surface area (Å²) in [6, 6.07) is 12.0. The van der Waals surface area contributed by atoms with Gasteiger partial charge in [-0.1, -0.05) is 54.4 Å². The molecule has 7 heteroatoms. The molecule has 5 nitrogen and oxygen atoms in total. The first-order valence-corrected chi connectivity index (χ1v) is 10.3. The maximum Gasteiger partial charge on any atom is 0.261 e. The predicted molar refractivity (Wildman–Crippen MR) is 116 cm³/mol. The fraction of sp³-hybridized carbons (Fsp3) is 0.364. The number of para-hydroxylation sites is 1. The number of carbonyl (C=O) groups excluding carboxylic acids is 2. The van der Waals surface area contributed by atoms with Gasteiger partial charge in [0.25, 0.3) is 5.91 Å². The van der Waals surface area contributed by atoms with E-state index in [2.05, 4.69) is 5.32 Å². The summed E-state index contributed by atoms with van der Waals surface area (Å²) in [6.07, 6.45) is 0.475. The molecule has 0 unspecified atom stereocenters. The molecule has 0 heterocycles. The van der Waals surface area contributed by atoms with Crippen LogP contribution in [0.2, 0.25) is 10.0 Å². The van der Waals surface area contributed by atoms with Crippen molar-refractivity contribution in [3.8, 4) is 5.75 Å². The number of halogens is 2. The Bertz CT molecular complexity index is 858. The van der Waals surface area contributed by atoms with Crippen molar-refractivity contribution in [1.29, 1.82) is 0 Å². The van der Waals surface area contributed by atoms with Crippen LogP contribution in [0.25, 0.3) is 0 Å². The zero-order valence-corrected chi connectivity index (χ0v) is 18.4. The summed E-state index contributed by atoms with van der Waals surface area (Å²) in [5, 5.41) is 3.64. The average molecular weight is 437 g/mol. The average Bonchev–Trinajstić information content (AvgIpc) is 2.70. The Morgan fingerprint density at radius 2 is 1.83 bits per heavy atom. The zero-order valence-electron chi connectivity index (χ0n) is 16.9. The number of aryl methyl sites for hydroxylation is 1. The SMILES string of the molecule is CCNC(=O)[C@@H](CC)N(Cc1ccc(Cl)c(Cl)c1)C(=O)COc1ccccc1C. The first-order valence-electron chi connectivity index (χ1n) is 9.56. The molecular formula is C22H26Cl2N2O3. The lowest BCUT2D eigenvalue weighted by Crippen LogP contribution is -2.50. The molecule has 0 saturated heterocycles. The van der Waals surface area contributed by atoms with Crippen molar-refractivity contribution in [3.05, 3.63) is 63.6 Å². The van der Waals surface area contributed by atoms with E-state index in [0.717, 1.165) is 11.1 Å². The van der Waals surface area contributed by atoms with Crippen molar-refractivity contribution in [2.75, 3.05) is 13.2 Å². The minimum absolute atomic E-state index is 0.165. The molecule has 0 aliphatic rings. The van der Waals surface area contributed by atoms with E-state index in [1.807, 2.05) is 45.0 Å². The Morgan fingerprint density at radius 3 is 2.45 bits per heavy atom. The number of hydrogen-bond donors (Lipinski definition) is 1. The van der Waals surface area contributed by atoms with Crippen LogP contribution in [-0.4, -0.2) is 35.9 Å². The smallest absolute Gasteiger partial charge is 0.261 e. The molecule has 0 saturated carbocycles. The number of amides is 2. The molecule has 0 fully saturated rings. The highest BCUT2D eigenvalue weighted by Crippen LogP contribution is 2.24. The zero-order chi connectivity index (χ0) is 21.4. The van der Waals surface area contributed by atoms with Crippen LogP contribution in [0.5, 0.6) is 5.75 Å². The molecule has 0 aliphatic carbocycles. The van der Waals surface area contributed by atoms with E-state index in [1.54, 1.807) is 18.2 Å². The Labute approximate surface area is 181 Å². The van der Waals surface area contributed by atoms with Crippen LogP contribution in [0.3, 0.4) is 0 Å². The van der Waals surface area contributed by atoms with Gasteiger partial charge < -0.3 is 15.0 Å². The Morgan fingerprint density at radius 1 is 1.10 bits per heavy atom. The molecule has 156 valence electrons. The largest absolute Gasteiger partial charge is 0.484 e. The standard InChI is InChI=1S/C22H26Cl2N2O3/c1-4-19(22(28)25-5-2)26(13-16-10-11-17(23)18(24)12-16)21(27)14-29-20-9-7-6-8-15(20)3/h6-12,19H,4-5,13-14H2,1-3H3,(H,25,28)/t19-/m1/s1. The van der Waals surface area contributed by atoms with Crippen molar-refractivity contribution in [1.82, 2.24) is 10.2 Å². The van der Waals surface area contributed by atoms with Gasteiger partial charge in [0.1, 0.15) is 11.8 Å². The molecule has 29 heavy (non-hydrogen) atoms. The second-order valence-corrected chi connectivity index (χ2v) is 7.46. The number of nitrogens with one attached hydrogen (secondary N) is 1. The van der Waals surface area contributed by atoms with Gasteiger partial charge >= 0.3 is 0 Å². The number of nitrogens with zero attached hydrogens (tertiary/aromatic N) is 1. The first kappa shape index (κ1) is 23.0. The summed E-state index contributed by atoms with van der Waals surface area (Å²) < 4.78 is 5.72.